The minimum atomic E-state index is -3.77. The normalized spacial score (nSPS) is 11.0. The lowest BCUT2D eigenvalue weighted by Gasteiger charge is -2.09. The Bertz CT molecular complexity index is 940. The maximum Gasteiger partial charge on any atom is 0.261 e. The van der Waals surface area contributed by atoms with Gasteiger partial charge in [-0.2, -0.15) is 0 Å². The Labute approximate surface area is 143 Å². The second-order valence-electron chi connectivity index (χ2n) is 4.79. The lowest BCUT2D eigenvalue weighted by molar-refractivity contribution is 0.102. The number of aromatic nitrogens is 1. The molecule has 0 saturated carbocycles. The maximum absolute atomic E-state index is 12.4. The van der Waals surface area contributed by atoms with Crippen molar-refractivity contribution in [1.29, 1.82) is 0 Å². The van der Waals surface area contributed by atoms with Gasteiger partial charge in [0, 0.05) is 22.8 Å². The zero-order valence-corrected chi connectivity index (χ0v) is 14.0. The van der Waals surface area contributed by atoms with Crippen molar-refractivity contribution in [1.82, 2.24) is 4.98 Å². The molecule has 1 amide bonds. The summed E-state index contributed by atoms with van der Waals surface area (Å²) in [6.45, 7) is 0. The van der Waals surface area contributed by atoms with E-state index in [4.69, 9.17) is 0 Å². The summed E-state index contributed by atoms with van der Waals surface area (Å²) in [4.78, 5) is 16.2. The molecule has 3 aromatic rings. The summed E-state index contributed by atoms with van der Waals surface area (Å²) in [7, 11) is -3.77. The van der Waals surface area contributed by atoms with Gasteiger partial charge in [0.05, 0.1) is 4.90 Å². The molecular formula is C16H13N3O3S2. The second kappa shape index (κ2) is 6.81. The van der Waals surface area contributed by atoms with E-state index < -0.39 is 15.9 Å². The number of anilines is 2. The molecule has 1 aromatic heterocycles. The molecule has 0 spiro atoms. The third-order valence-electron chi connectivity index (χ3n) is 3.09. The molecule has 2 N–H and O–H groups in total. The highest BCUT2D eigenvalue weighted by molar-refractivity contribution is 7.92. The average Bonchev–Trinajstić information content (AvgIpc) is 3.08. The standard InChI is InChI=1S/C16H13N3O3S2/c20-15(18-16-17-9-10-23-16)12-5-4-8-14(11-12)24(21,22)19-13-6-2-1-3-7-13/h1-11,19H,(H,17,18,20). The van der Waals surface area contributed by atoms with Crippen LogP contribution in [-0.2, 0) is 10.0 Å². The number of nitrogens with zero attached hydrogens (tertiary/aromatic N) is 1. The number of rotatable bonds is 5. The van der Waals surface area contributed by atoms with Gasteiger partial charge in [-0.05, 0) is 30.3 Å². The van der Waals surface area contributed by atoms with Gasteiger partial charge in [0.1, 0.15) is 0 Å². The number of carbonyl (C=O) groups is 1. The van der Waals surface area contributed by atoms with Crippen LogP contribution in [0.5, 0.6) is 0 Å². The summed E-state index contributed by atoms with van der Waals surface area (Å²) in [5.74, 6) is -0.415. The van der Waals surface area contributed by atoms with Crippen molar-refractivity contribution in [3.8, 4) is 0 Å². The van der Waals surface area contributed by atoms with E-state index in [9.17, 15) is 13.2 Å². The number of nitrogens with one attached hydrogen (secondary N) is 2. The van der Waals surface area contributed by atoms with Gasteiger partial charge in [-0.3, -0.25) is 14.8 Å². The average molecular weight is 359 g/mol. The molecule has 6 nitrogen and oxygen atoms in total. The van der Waals surface area contributed by atoms with E-state index in [0.717, 1.165) is 0 Å². The first-order chi connectivity index (χ1) is 11.5. The van der Waals surface area contributed by atoms with Crippen molar-refractivity contribution in [2.75, 3.05) is 10.0 Å². The monoisotopic (exact) mass is 359 g/mol. The number of amides is 1. The van der Waals surface area contributed by atoms with Crippen LogP contribution >= 0.6 is 11.3 Å². The minimum Gasteiger partial charge on any atom is -0.298 e. The Balaban J connectivity index is 1.83. The van der Waals surface area contributed by atoms with Crippen LogP contribution < -0.4 is 10.0 Å². The van der Waals surface area contributed by atoms with Crippen LogP contribution in [0, 0.1) is 0 Å². The molecule has 122 valence electrons. The molecule has 0 saturated heterocycles. The molecule has 0 aliphatic rings. The summed E-state index contributed by atoms with van der Waals surface area (Å²) in [5, 5.41) is 4.81. The molecule has 2 aromatic carbocycles. The maximum atomic E-state index is 12.4. The predicted octanol–water partition coefficient (Wildman–Crippen LogP) is 3.20. The number of sulfonamides is 1. The Morgan fingerprint density at radius 3 is 2.54 bits per heavy atom. The number of hydrogen-bond donors (Lipinski definition) is 2. The fourth-order valence-corrected chi connectivity index (χ4v) is 3.61. The molecule has 3 rings (SSSR count). The molecule has 0 atom stereocenters. The van der Waals surface area contributed by atoms with Crippen molar-refractivity contribution in [3.05, 3.63) is 71.7 Å². The van der Waals surface area contributed by atoms with Gasteiger partial charge < -0.3 is 0 Å². The SMILES string of the molecule is O=C(Nc1nccs1)c1cccc(S(=O)(=O)Nc2ccccc2)c1. The van der Waals surface area contributed by atoms with Gasteiger partial charge in [0.25, 0.3) is 15.9 Å². The number of para-hydroxylation sites is 1. The van der Waals surface area contributed by atoms with Crippen LogP contribution in [0.25, 0.3) is 0 Å². The topological polar surface area (TPSA) is 88.2 Å². The van der Waals surface area contributed by atoms with Crippen molar-refractivity contribution in [2.24, 2.45) is 0 Å². The third kappa shape index (κ3) is 3.79. The van der Waals surface area contributed by atoms with Crippen LogP contribution in [0.3, 0.4) is 0 Å². The van der Waals surface area contributed by atoms with Gasteiger partial charge in [-0.15, -0.1) is 11.3 Å². The second-order valence-corrected chi connectivity index (χ2v) is 7.37. The lowest BCUT2D eigenvalue weighted by Crippen LogP contribution is -2.15. The van der Waals surface area contributed by atoms with Gasteiger partial charge in [-0.1, -0.05) is 24.3 Å². The van der Waals surface area contributed by atoms with Crippen molar-refractivity contribution in [2.45, 2.75) is 4.90 Å². The zero-order valence-electron chi connectivity index (χ0n) is 12.3. The largest absolute Gasteiger partial charge is 0.298 e. The highest BCUT2D eigenvalue weighted by atomic mass is 32.2. The van der Waals surface area contributed by atoms with Crippen LogP contribution in [0.15, 0.2) is 71.1 Å². The first-order valence-corrected chi connectivity index (χ1v) is 9.30. The molecule has 0 aliphatic carbocycles. The molecule has 0 bridgehead atoms. The quantitative estimate of drug-likeness (QED) is 0.732. The third-order valence-corrected chi connectivity index (χ3v) is 5.15. The molecule has 24 heavy (non-hydrogen) atoms. The summed E-state index contributed by atoms with van der Waals surface area (Å²) in [6.07, 6.45) is 1.57. The predicted molar refractivity (Wildman–Crippen MR) is 93.8 cm³/mol. The summed E-state index contributed by atoms with van der Waals surface area (Å²) < 4.78 is 27.4. The molecule has 0 unspecified atom stereocenters. The van der Waals surface area contributed by atoms with Crippen LogP contribution in [0.1, 0.15) is 10.4 Å². The lowest BCUT2D eigenvalue weighted by atomic mass is 10.2. The summed E-state index contributed by atoms with van der Waals surface area (Å²) in [5.41, 5.74) is 0.691. The van der Waals surface area contributed by atoms with Crippen LogP contribution in [0.2, 0.25) is 0 Å². The van der Waals surface area contributed by atoms with Crippen molar-refractivity contribution < 1.29 is 13.2 Å². The Kier molecular flexibility index (Phi) is 4.59. The first-order valence-electron chi connectivity index (χ1n) is 6.93. The van der Waals surface area contributed by atoms with Crippen LogP contribution in [0.4, 0.5) is 10.8 Å². The van der Waals surface area contributed by atoms with Crippen molar-refractivity contribution in [3.63, 3.8) is 0 Å². The van der Waals surface area contributed by atoms with Crippen molar-refractivity contribution >= 4 is 38.1 Å². The zero-order chi connectivity index (χ0) is 17.0. The van der Waals surface area contributed by atoms with E-state index in [1.807, 2.05) is 0 Å². The van der Waals surface area contributed by atoms with E-state index in [2.05, 4.69) is 15.0 Å². The van der Waals surface area contributed by atoms with E-state index >= 15 is 0 Å². The smallest absolute Gasteiger partial charge is 0.261 e. The number of hydrogen-bond acceptors (Lipinski definition) is 5. The van der Waals surface area contributed by atoms with Crippen LogP contribution in [-0.4, -0.2) is 19.3 Å². The van der Waals surface area contributed by atoms with Gasteiger partial charge in [-0.25, -0.2) is 13.4 Å². The number of thiazole rings is 1. The molecule has 1 heterocycles. The van der Waals surface area contributed by atoms with E-state index in [0.29, 0.717) is 10.8 Å². The Morgan fingerprint density at radius 2 is 1.83 bits per heavy atom. The minimum absolute atomic E-state index is 0.0122. The number of carbonyl (C=O) groups excluding carboxylic acids is 1. The van der Waals surface area contributed by atoms with E-state index in [-0.39, 0.29) is 10.5 Å². The van der Waals surface area contributed by atoms with Gasteiger partial charge in [0.2, 0.25) is 0 Å². The molecule has 0 fully saturated rings. The first kappa shape index (κ1) is 16.2. The fourth-order valence-electron chi connectivity index (χ4n) is 1.98. The van der Waals surface area contributed by atoms with E-state index in [1.165, 1.54) is 29.5 Å². The summed E-state index contributed by atoms with van der Waals surface area (Å²) in [6, 6.07) is 14.4. The summed E-state index contributed by atoms with van der Waals surface area (Å²) >= 11 is 1.28. The van der Waals surface area contributed by atoms with E-state index in [1.54, 1.807) is 48.0 Å². The van der Waals surface area contributed by atoms with Gasteiger partial charge in [0.15, 0.2) is 5.13 Å². The number of benzene rings is 2. The molecular weight excluding hydrogens is 346 g/mol. The molecule has 0 radical (unpaired) electrons. The fraction of sp³-hybridized carbons (Fsp3) is 0. The van der Waals surface area contributed by atoms with Gasteiger partial charge >= 0.3 is 0 Å². The molecule has 8 heteroatoms. The highest BCUT2D eigenvalue weighted by Gasteiger charge is 2.16. The Morgan fingerprint density at radius 1 is 1.04 bits per heavy atom. The molecule has 0 aliphatic heterocycles. The Hall–Kier alpha value is -2.71. The highest BCUT2D eigenvalue weighted by Crippen LogP contribution is 2.18.